The fraction of sp³-hybridized carbons (Fsp3) is 0.133. The van der Waals surface area contributed by atoms with Crippen molar-refractivity contribution in [2.24, 2.45) is 0 Å². The number of benzene rings is 2. The lowest BCUT2D eigenvalue weighted by Gasteiger charge is -2.06. The van der Waals surface area contributed by atoms with Crippen LogP contribution in [0.15, 0.2) is 42.5 Å². The molecule has 0 spiro atoms. The Hall–Kier alpha value is -2.76. The number of nitro benzene ring substituents is 1. The average Bonchev–Trinajstić information content (AvgIpc) is 2.45. The number of rotatable bonds is 5. The predicted octanol–water partition coefficient (Wildman–Crippen LogP) is 3.30. The number of nitro groups is 1. The molecule has 0 radical (unpaired) electrons. The van der Waals surface area contributed by atoms with Gasteiger partial charge in [-0.05, 0) is 13.0 Å². The van der Waals surface area contributed by atoms with E-state index in [1.54, 1.807) is 24.3 Å². The molecule has 0 aliphatic carbocycles. The molecule has 6 heteroatoms. The van der Waals surface area contributed by atoms with Gasteiger partial charge in [0.15, 0.2) is 12.4 Å². The van der Waals surface area contributed by atoms with E-state index in [1.807, 2.05) is 6.92 Å². The summed E-state index contributed by atoms with van der Waals surface area (Å²) >= 11 is 0. The quantitative estimate of drug-likeness (QED) is 0.481. The molecule has 2 rings (SSSR count). The molecule has 0 bridgehead atoms. The molecule has 2 aromatic carbocycles. The van der Waals surface area contributed by atoms with Crippen molar-refractivity contribution in [1.82, 2.24) is 0 Å². The molecular formula is C15H12FNO4. The summed E-state index contributed by atoms with van der Waals surface area (Å²) in [6.07, 6.45) is 0. The zero-order valence-electron chi connectivity index (χ0n) is 11.2. The monoisotopic (exact) mass is 289 g/mol. The molecule has 0 aromatic heterocycles. The summed E-state index contributed by atoms with van der Waals surface area (Å²) in [5, 5.41) is 10.5. The summed E-state index contributed by atoms with van der Waals surface area (Å²) in [6, 6.07) is 10.1. The molecule has 0 aliphatic rings. The Morgan fingerprint density at radius 3 is 2.48 bits per heavy atom. The van der Waals surface area contributed by atoms with Crippen LogP contribution >= 0.6 is 0 Å². The highest BCUT2D eigenvalue weighted by Crippen LogP contribution is 2.22. The van der Waals surface area contributed by atoms with E-state index in [9.17, 15) is 19.3 Å². The van der Waals surface area contributed by atoms with Crippen LogP contribution in [0.25, 0.3) is 0 Å². The second kappa shape index (κ2) is 6.13. The van der Waals surface area contributed by atoms with Crippen molar-refractivity contribution in [3.63, 3.8) is 0 Å². The van der Waals surface area contributed by atoms with Crippen molar-refractivity contribution in [3.8, 4) is 5.75 Å². The highest BCUT2D eigenvalue weighted by molar-refractivity contribution is 5.97. The molecule has 0 heterocycles. The first-order chi connectivity index (χ1) is 9.97. The molecule has 0 fully saturated rings. The SMILES string of the molecule is Cc1ccc(C(=O)COc2ccc([N+](=O)[O-])c(F)c2)cc1. The van der Waals surface area contributed by atoms with E-state index in [1.165, 1.54) is 6.07 Å². The number of nitrogens with zero attached hydrogens (tertiary/aromatic N) is 1. The number of ketones is 1. The fourth-order valence-electron chi connectivity index (χ4n) is 1.70. The molecule has 0 saturated carbocycles. The van der Waals surface area contributed by atoms with Gasteiger partial charge in [-0.3, -0.25) is 14.9 Å². The lowest BCUT2D eigenvalue weighted by molar-refractivity contribution is -0.387. The van der Waals surface area contributed by atoms with Gasteiger partial charge in [0.25, 0.3) is 0 Å². The van der Waals surface area contributed by atoms with Crippen LogP contribution in [-0.4, -0.2) is 17.3 Å². The van der Waals surface area contributed by atoms with Gasteiger partial charge in [0, 0.05) is 17.7 Å². The Kier molecular flexibility index (Phi) is 4.27. The van der Waals surface area contributed by atoms with E-state index < -0.39 is 16.4 Å². The van der Waals surface area contributed by atoms with Crippen molar-refractivity contribution in [2.45, 2.75) is 6.92 Å². The molecular weight excluding hydrogens is 277 g/mol. The Morgan fingerprint density at radius 1 is 1.24 bits per heavy atom. The number of hydrogen-bond acceptors (Lipinski definition) is 4. The summed E-state index contributed by atoms with van der Waals surface area (Å²) in [6.45, 7) is 1.64. The number of carbonyl (C=O) groups excluding carboxylic acids is 1. The summed E-state index contributed by atoms with van der Waals surface area (Å²) in [4.78, 5) is 21.5. The number of Topliss-reactive ketones (excluding diaryl/α,β-unsaturated/α-hetero) is 1. The lowest BCUT2D eigenvalue weighted by Crippen LogP contribution is -2.11. The smallest absolute Gasteiger partial charge is 0.305 e. The van der Waals surface area contributed by atoms with Crippen LogP contribution < -0.4 is 4.74 Å². The molecule has 0 amide bonds. The van der Waals surface area contributed by atoms with Crippen LogP contribution in [0, 0.1) is 22.9 Å². The number of hydrogen-bond donors (Lipinski definition) is 0. The van der Waals surface area contributed by atoms with Gasteiger partial charge in [-0.15, -0.1) is 0 Å². The standard InChI is InChI=1S/C15H12FNO4/c1-10-2-4-11(5-3-10)15(18)9-21-12-6-7-14(17(19)20)13(16)8-12/h2-8H,9H2,1H3. The van der Waals surface area contributed by atoms with Crippen LogP contribution in [0.4, 0.5) is 10.1 Å². The van der Waals surface area contributed by atoms with Gasteiger partial charge < -0.3 is 4.74 Å². The Labute approximate surface area is 120 Å². The van der Waals surface area contributed by atoms with Crippen molar-refractivity contribution in [2.75, 3.05) is 6.61 Å². The van der Waals surface area contributed by atoms with Gasteiger partial charge in [0.05, 0.1) is 4.92 Å². The minimum Gasteiger partial charge on any atom is -0.485 e. The molecule has 108 valence electrons. The topological polar surface area (TPSA) is 69.4 Å². The molecule has 21 heavy (non-hydrogen) atoms. The maximum Gasteiger partial charge on any atom is 0.305 e. The van der Waals surface area contributed by atoms with E-state index in [-0.39, 0.29) is 18.1 Å². The average molecular weight is 289 g/mol. The third-order valence-corrected chi connectivity index (χ3v) is 2.86. The number of halogens is 1. The highest BCUT2D eigenvalue weighted by atomic mass is 19.1. The van der Waals surface area contributed by atoms with Crippen LogP contribution in [0.3, 0.4) is 0 Å². The minimum atomic E-state index is -1.000. The Balaban J connectivity index is 2.03. The zero-order chi connectivity index (χ0) is 15.4. The van der Waals surface area contributed by atoms with Gasteiger partial charge in [-0.1, -0.05) is 29.8 Å². The second-order valence-electron chi connectivity index (χ2n) is 4.45. The molecule has 0 saturated heterocycles. The zero-order valence-corrected chi connectivity index (χ0v) is 11.2. The molecule has 0 atom stereocenters. The number of aryl methyl sites for hydroxylation is 1. The summed E-state index contributed by atoms with van der Waals surface area (Å²) in [7, 11) is 0. The van der Waals surface area contributed by atoms with Gasteiger partial charge in [-0.2, -0.15) is 4.39 Å². The van der Waals surface area contributed by atoms with Gasteiger partial charge in [0.1, 0.15) is 5.75 Å². The first kappa shape index (κ1) is 14.6. The van der Waals surface area contributed by atoms with Gasteiger partial charge in [0.2, 0.25) is 5.82 Å². The van der Waals surface area contributed by atoms with E-state index in [2.05, 4.69) is 0 Å². The molecule has 2 aromatic rings. The van der Waals surface area contributed by atoms with Gasteiger partial charge >= 0.3 is 5.69 Å². The first-order valence-electron chi connectivity index (χ1n) is 6.14. The van der Waals surface area contributed by atoms with E-state index in [4.69, 9.17) is 4.74 Å². The first-order valence-corrected chi connectivity index (χ1v) is 6.14. The van der Waals surface area contributed by atoms with Crippen molar-refractivity contribution in [1.29, 1.82) is 0 Å². The maximum absolute atomic E-state index is 13.4. The number of carbonyl (C=O) groups is 1. The Bertz CT molecular complexity index is 683. The van der Waals surface area contributed by atoms with Gasteiger partial charge in [-0.25, -0.2) is 0 Å². The van der Waals surface area contributed by atoms with Crippen LogP contribution in [-0.2, 0) is 0 Å². The van der Waals surface area contributed by atoms with Crippen molar-refractivity contribution >= 4 is 11.5 Å². The van der Waals surface area contributed by atoms with Crippen LogP contribution in [0.1, 0.15) is 15.9 Å². The largest absolute Gasteiger partial charge is 0.485 e. The molecule has 0 N–H and O–H groups in total. The predicted molar refractivity (Wildman–Crippen MR) is 74.1 cm³/mol. The number of ether oxygens (including phenoxy) is 1. The third-order valence-electron chi connectivity index (χ3n) is 2.86. The second-order valence-corrected chi connectivity index (χ2v) is 4.45. The molecule has 0 unspecified atom stereocenters. The van der Waals surface area contributed by atoms with Crippen molar-refractivity contribution < 1.29 is 18.8 Å². The molecule has 5 nitrogen and oxygen atoms in total. The molecule has 0 aliphatic heterocycles. The van der Waals surface area contributed by atoms with Crippen LogP contribution in [0.5, 0.6) is 5.75 Å². The van der Waals surface area contributed by atoms with E-state index in [0.717, 1.165) is 17.7 Å². The third kappa shape index (κ3) is 3.62. The highest BCUT2D eigenvalue weighted by Gasteiger charge is 2.15. The Morgan fingerprint density at radius 2 is 1.90 bits per heavy atom. The minimum absolute atomic E-state index is 0.0681. The van der Waals surface area contributed by atoms with E-state index in [0.29, 0.717) is 5.56 Å². The summed E-state index contributed by atoms with van der Waals surface area (Å²) in [5.74, 6) is -1.19. The fourth-order valence-corrected chi connectivity index (χ4v) is 1.70. The van der Waals surface area contributed by atoms with Crippen molar-refractivity contribution in [3.05, 3.63) is 69.5 Å². The lowest BCUT2D eigenvalue weighted by atomic mass is 10.1. The summed E-state index contributed by atoms with van der Waals surface area (Å²) < 4.78 is 18.5. The maximum atomic E-state index is 13.4. The summed E-state index contributed by atoms with van der Waals surface area (Å²) in [5.41, 5.74) is 0.889. The van der Waals surface area contributed by atoms with Crippen LogP contribution in [0.2, 0.25) is 0 Å². The normalized spacial score (nSPS) is 10.2. The van der Waals surface area contributed by atoms with E-state index >= 15 is 0 Å².